The van der Waals surface area contributed by atoms with Crippen molar-refractivity contribution in [2.24, 2.45) is 0 Å². The Kier molecular flexibility index (Phi) is 2.48. The minimum absolute atomic E-state index is 0.132. The standard InChI is InChI=1S/C24H18N2O/c1-16-13-24(25-15-21(16)17-7-3-2-4-8-17)26-22-10-6-5-9-19(22)20-12-11-18(27)14-23(20)26/h2-15,27H,1H3/i2D,3D,4D,7D,8D. The van der Waals surface area contributed by atoms with E-state index >= 15 is 0 Å². The molecule has 3 aromatic carbocycles. The Labute approximate surface area is 164 Å². The molecule has 0 amide bonds. The topological polar surface area (TPSA) is 38.0 Å². The molecule has 0 aliphatic carbocycles. The summed E-state index contributed by atoms with van der Waals surface area (Å²) in [7, 11) is 0. The zero-order valence-corrected chi connectivity index (χ0v) is 14.5. The third kappa shape index (κ3) is 2.48. The van der Waals surface area contributed by atoms with Gasteiger partial charge in [-0.3, -0.25) is 4.57 Å². The molecule has 27 heavy (non-hydrogen) atoms. The van der Waals surface area contributed by atoms with Crippen molar-refractivity contribution in [3.05, 3.63) is 90.5 Å². The zero-order chi connectivity index (χ0) is 22.7. The van der Waals surface area contributed by atoms with Crippen LogP contribution in [0.1, 0.15) is 12.4 Å². The highest BCUT2D eigenvalue weighted by Gasteiger charge is 2.14. The van der Waals surface area contributed by atoms with E-state index < -0.39 is 6.04 Å². The lowest BCUT2D eigenvalue weighted by atomic mass is 10.0. The number of phenols is 1. The molecule has 0 aliphatic rings. The van der Waals surface area contributed by atoms with Crippen LogP contribution >= 0.6 is 0 Å². The van der Waals surface area contributed by atoms with Crippen molar-refractivity contribution in [2.45, 2.75) is 6.92 Å². The summed E-state index contributed by atoms with van der Waals surface area (Å²) >= 11 is 0. The molecule has 3 heteroatoms. The van der Waals surface area contributed by atoms with Crippen LogP contribution in [-0.2, 0) is 0 Å². The maximum absolute atomic E-state index is 10.1. The number of benzene rings is 3. The summed E-state index contributed by atoms with van der Waals surface area (Å²) in [6.07, 6.45) is 1.54. The van der Waals surface area contributed by atoms with Crippen LogP contribution in [-0.4, -0.2) is 14.7 Å². The number of aromatic nitrogens is 2. The molecule has 1 N–H and O–H groups in total. The van der Waals surface area contributed by atoms with Crippen molar-refractivity contribution in [1.29, 1.82) is 0 Å². The highest BCUT2D eigenvalue weighted by atomic mass is 16.3. The average Bonchev–Trinajstić information content (AvgIpc) is 3.11. The fourth-order valence-electron chi connectivity index (χ4n) is 3.52. The molecule has 0 saturated heterocycles. The Morgan fingerprint density at radius 3 is 2.52 bits per heavy atom. The van der Waals surface area contributed by atoms with Crippen LogP contribution in [0.3, 0.4) is 0 Å². The fraction of sp³-hybridized carbons (Fsp3) is 0.0417. The number of fused-ring (bicyclic) bond motifs is 3. The van der Waals surface area contributed by atoms with Crippen LogP contribution in [0.2, 0.25) is 0 Å². The Morgan fingerprint density at radius 2 is 1.70 bits per heavy atom. The van der Waals surface area contributed by atoms with Gasteiger partial charge in [-0.25, -0.2) is 4.98 Å². The Balaban J connectivity index is 1.77. The third-order valence-corrected chi connectivity index (χ3v) is 4.75. The Morgan fingerprint density at radius 1 is 0.926 bits per heavy atom. The first-order chi connectivity index (χ1) is 15.3. The molecule has 0 atom stereocenters. The maximum Gasteiger partial charge on any atom is 0.137 e. The third-order valence-electron chi connectivity index (χ3n) is 4.75. The predicted octanol–water partition coefficient (Wildman–Crippen LogP) is 5.86. The first-order valence-corrected chi connectivity index (χ1v) is 8.56. The van der Waals surface area contributed by atoms with Crippen LogP contribution in [0.25, 0.3) is 38.8 Å². The first-order valence-electron chi connectivity index (χ1n) is 11.1. The Hall–Kier alpha value is -3.59. The van der Waals surface area contributed by atoms with Crippen molar-refractivity contribution in [2.75, 3.05) is 0 Å². The SMILES string of the molecule is [2H]c1c([2H])c([2H])c(-c2cnc(-n3c4ccccc4c4ccc(O)cc43)cc2C)c([2H])c1[2H]. The molecule has 2 heterocycles. The van der Waals surface area contributed by atoms with E-state index in [-0.39, 0.29) is 35.5 Å². The van der Waals surface area contributed by atoms with Gasteiger partial charge >= 0.3 is 0 Å². The van der Waals surface area contributed by atoms with Gasteiger partial charge in [0.1, 0.15) is 11.6 Å². The van der Waals surface area contributed by atoms with Gasteiger partial charge in [-0.2, -0.15) is 0 Å². The van der Waals surface area contributed by atoms with Gasteiger partial charge in [-0.15, -0.1) is 0 Å². The molecule has 0 bridgehead atoms. The smallest absolute Gasteiger partial charge is 0.137 e. The number of aryl methyl sites for hydroxylation is 1. The lowest BCUT2D eigenvalue weighted by Crippen LogP contribution is -1.99. The number of nitrogens with zero attached hydrogens (tertiary/aromatic N) is 2. The second kappa shape index (κ2) is 5.99. The molecular formula is C24H18N2O. The lowest BCUT2D eigenvalue weighted by Gasteiger charge is -2.11. The molecule has 0 fully saturated rings. The van der Waals surface area contributed by atoms with E-state index in [0.717, 1.165) is 27.4 Å². The van der Waals surface area contributed by atoms with Crippen molar-refractivity contribution >= 4 is 21.8 Å². The van der Waals surface area contributed by atoms with Gasteiger partial charge in [0.25, 0.3) is 0 Å². The summed E-state index contributed by atoms with van der Waals surface area (Å²) in [6, 6.07) is 13.3. The second-order valence-corrected chi connectivity index (χ2v) is 6.41. The Bertz CT molecular complexity index is 1530. The van der Waals surface area contributed by atoms with E-state index in [9.17, 15) is 5.11 Å². The first kappa shape index (κ1) is 11.2. The summed E-state index contributed by atoms with van der Waals surface area (Å²) in [5.41, 5.74) is 3.06. The van der Waals surface area contributed by atoms with Gasteiger partial charge in [0, 0.05) is 28.6 Å². The van der Waals surface area contributed by atoms with E-state index in [1.165, 1.54) is 0 Å². The molecular weight excluding hydrogens is 332 g/mol. The molecule has 5 rings (SSSR count). The average molecular weight is 355 g/mol. The van der Waals surface area contributed by atoms with E-state index in [0.29, 0.717) is 11.4 Å². The van der Waals surface area contributed by atoms with Crippen LogP contribution < -0.4 is 0 Å². The van der Waals surface area contributed by atoms with Gasteiger partial charge < -0.3 is 5.11 Å². The van der Waals surface area contributed by atoms with E-state index in [4.69, 9.17) is 6.85 Å². The molecule has 5 aromatic rings. The molecule has 0 saturated carbocycles. The number of pyridine rings is 1. The number of para-hydroxylation sites is 1. The molecule has 0 unspecified atom stereocenters. The fourth-order valence-corrected chi connectivity index (χ4v) is 3.52. The van der Waals surface area contributed by atoms with Crippen LogP contribution in [0, 0.1) is 6.92 Å². The van der Waals surface area contributed by atoms with Crippen molar-refractivity contribution < 1.29 is 12.0 Å². The summed E-state index contributed by atoms with van der Waals surface area (Å²) in [5, 5.41) is 12.1. The van der Waals surface area contributed by atoms with Gasteiger partial charge in [0.15, 0.2) is 0 Å². The van der Waals surface area contributed by atoms with E-state index in [1.807, 2.05) is 47.9 Å². The lowest BCUT2D eigenvalue weighted by molar-refractivity contribution is 0.476. The van der Waals surface area contributed by atoms with Crippen LogP contribution in [0.15, 0.2) is 84.9 Å². The van der Waals surface area contributed by atoms with E-state index in [1.54, 1.807) is 18.3 Å². The largest absolute Gasteiger partial charge is 0.508 e. The zero-order valence-electron chi connectivity index (χ0n) is 19.5. The number of hydrogen-bond donors (Lipinski definition) is 1. The van der Waals surface area contributed by atoms with Gasteiger partial charge in [-0.1, -0.05) is 48.4 Å². The van der Waals surface area contributed by atoms with Gasteiger partial charge in [0.2, 0.25) is 0 Å². The van der Waals surface area contributed by atoms with Gasteiger partial charge in [0.05, 0.1) is 17.9 Å². The van der Waals surface area contributed by atoms with E-state index in [2.05, 4.69) is 4.98 Å². The minimum Gasteiger partial charge on any atom is -0.508 e. The molecule has 0 radical (unpaired) electrons. The van der Waals surface area contributed by atoms with Crippen molar-refractivity contribution in [3.8, 4) is 22.7 Å². The maximum atomic E-state index is 10.1. The summed E-state index contributed by atoms with van der Waals surface area (Å²) < 4.78 is 42.2. The molecule has 0 aliphatic heterocycles. The predicted molar refractivity (Wildman–Crippen MR) is 110 cm³/mol. The molecule has 2 aromatic heterocycles. The second-order valence-electron chi connectivity index (χ2n) is 6.41. The van der Waals surface area contributed by atoms with Crippen LogP contribution in [0.5, 0.6) is 5.75 Å². The summed E-state index contributed by atoms with van der Waals surface area (Å²) in [5.74, 6) is 0.754. The van der Waals surface area contributed by atoms with Gasteiger partial charge in [-0.05, 0) is 42.3 Å². The monoisotopic (exact) mass is 355 g/mol. The highest BCUT2D eigenvalue weighted by Crippen LogP contribution is 2.34. The van der Waals surface area contributed by atoms with Crippen molar-refractivity contribution in [3.63, 3.8) is 0 Å². The summed E-state index contributed by atoms with van der Waals surface area (Å²) in [4.78, 5) is 4.60. The highest BCUT2D eigenvalue weighted by molar-refractivity contribution is 6.09. The number of phenolic OH excluding ortho intramolecular Hbond substituents is 1. The normalized spacial score (nSPS) is 13.9. The number of hydrogen-bond acceptors (Lipinski definition) is 2. The molecule has 130 valence electrons. The molecule has 3 nitrogen and oxygen atoms in total. The minimum atomic E-state index is -0.420. The number of rotatable bonds is 2. The quantitative estimate of drug-likeness (QED) is 0.431. The van der Waals surface area contributed by atoms with Crippen molar-refractivity contribution in [1.82, 2.24) is 9.55 Å². The summed E-state index contributed by atoms with van der Waals surface area (Å²) in [6.45, 7) is 1.83. The molecule has 0 spiro atoms. The van der Waals surface area contributed by atoms with Crippen LogP contribution in [0.4, 0.5) is 0 Å². The number of aromatic hydroxyl groups is 1.